The van der Waals surface area contributed by atoms with Crippen molar-refractivity contribution in [2.45, 2.75) is 40.5 Å². The monoisotopic (exact) mass is 485 g/mol. The minimum absolute atomic E-state index is 0.176. The number of carbonyl (C=O) groups is 2. The van der Waals surface area contributed by atoms with E-state index in [4.69, 9.17) is 21.7 Å². The number of nitrogens with one attached hydrogen (secondary N) is 3. The van der Waals surface area contributed by atoms with E-state index in [2.05, 4.69) is 22.0 Å². The Hall–Kier alpha value is -2.97. The van der Waals surface area contributed by atoms with Crippen LogP contribution in [0.25, 0.3) is 0 Å². The van der Waals surface area contributed by atoms with Crippen molar-refractivity contribution in [2.75, 3.05) is 32.2 Å². The van der Waals surface area contributed by atoms with Crippen LogP contribution in [-0.4, -0.2) is 43.8 Å². The maximum absolute atomic E-state index is 12.8. The SMILES string of the molecule is COCCNC(=O)c1cccc(NC(=S)NC(=O)C(C)(C)CCCOc2cc(C)ccc2C)c1. The molecular formula is C26H35N3O4S. The van der Waals surface area contributed by atoms with Crippen molar-refractivity contribution in [2.24, 2.45) is 5.41 Å². The summed E-state index contributed by atoms with van der Waals surface area (Å²) in [6.45, 7) is 9.21. The minimum atomic E-state index is -0.625. The molecule has 0 aliphatic rings. The molecule has 0 heterocycles. The van der Waals surface area contributed by atoms with Crippen LogP contribution in [0.3, 0.4) is 0 Å². The highest BCUT2D eigenvalue weighted by molar-refractivity contribution is 7.80. The first-order valence-corrected chi connectivity index (χ1v) is 11.7. The van der Waals surface area contributed by atoms with Crippen molar-refractivity contribution in [1.29, 1.82) is 0 Å². The van der Waals surface area contributed by atoms with Gasteiger partial charge < -0.3 is 25.4 Å². The Morgan fingerprint density at radius 2 is 1.82 bits per heavy atom. The average Bonchev–Trinajstić information content (AvgIpc) is 2.79. The van der Waals surface area contributed by atoms with Gasteiger partial charge in [0.1, 0.15) is 5.75 Å². The lowest BCUT2D eigenvalue weighted by Gasteiger charge is -2.24. The van der Waals surface area contributed by atoms with Crippen molar-refractivity contribution in [1.82, 2.24) is 10.6 Å². The summed E-state index contributed by atoms with van der Waals surface area (Å²) < 4.78 is 10.8. The summed E-state index contributed by atoms with van der Waals surface area (Å²) in [6.07, 6.45) is 1.37. The summed E-state index contributed by atoms with van der Waals surface area (Å²) in [5.41, 5.74) is 2.72. The number of rotatable bonds is 11. The predicted octanol–water partition coefficient (Wildman–Crippen LogP) is 4.38. The van der Waals surface area contributed by atoms with Crippen LogP contribution < -0.4 is 20.7 Å². The summed E-state index contributed by atoms with van der Waals surface area (Å²) in [7, 11) is 1.58. The second-order valence-electron chi connectivity index (χ2n) is 8.84. The molecule has 0 radical (unpaired) electrons. The molecule has 2 aromatic rings. The molecule has 0 spiro atoms. The fourth-order valence-electron chi connectivity index (χ4n) is 3.21. The third-order valence-electron chi connectivity index (χ3n) is 5.36. The van der Waals surface area contributed by atoms with Gasteiger partial charge in [-0.1, -0.05) is 32.0 Å². The van der Waals surface area contributed by atoms with Gasteiger partial charge in [-0.15, -0.1) is 0 Å². The Balaban J connectivity index is 1.82. The molecule has 0 saturated carbocycles. The Bertz CT molecular complexity index is 1010. The first kappa shape index (κ1) is 27.3. The molecule has 8 heteroatoms. The molecule has 184 valence electrons. The molecule has 2 rings (SSSR count). The van der Waals surface area contributed by atoms with Gasteiger partial charge in [0, 0.05) is 30.3 Å². The Morgan fingerprint density at radius 1 is 1.06 bits per heavy atom. The maximum atomic E-state index is 12.8. The number of hydrogen-bond donors (Lipinski definition) is 3. The van der Waals surface area contributed by atoms with Crippen molar-refractivity contribution in [3.05, 3.63) is 59.2 Å². The van der Waals surface area contributed by atoms with Gasteiger partial charge in [-0.2, -0.15) is 0 Å². The van der Waals surface area contributed by atoms with Crippen molar-refractivity contribution in [3.8, 4) is 5.75 Å². The van der Waals surface area contributed by atoms with Crippen LogP contribution in [-0.2, 0) is 9.53 Å². The molecule has 0 aliphatic carbocycles. The van der Waals surface area contributed by atoms with E-state index >= 15 is 0 Å². The summed E-state index contributed by atoms with van der Waals surface area (Å²) in [6, 6.07) is 13.0. The topological polar surface area (TPSA) is 88.7 Å². The molecular weight excluding hydrogens is 450 g/mol. The lowest BCUT2D eigenvalue weighted by molar-refractivity contribution is -0.128. The van der Waals surface area contributed by atoms with E-state index in [0.717, 1.165) is 23.3 Å². The van der Waals surface area contributed by atoms with Crippen LogP contribution in [0.5, 0.6) is 5.75 Å². The molecule has 0 unspecified atom stereocenters. The number of anilines is 1. The van der Waals surface area contributed by atoms with E-state index in [1.165, 1.54) is 0 Å². The third kappa shape index (κ3) is 8.76. The molecule has 0 saturated heterocycles. The van der Waals surface area contributed by atoms with Crippen LogP contribution in [0, 0.1) is 19.3 Å². The molecule has 0 bridgehead atoms. The highest BCUT2D eigenvalue weighted by Crippen LogP contribution is 2.24. The number of carbonyl (C=O) groups excluding carboxylic acids is 2. The van der Waals surface area contributed by atoms with Crippen LogP contribution in [0.15, 0.2) is 42.5 Å². The molecule has 0 aliphatic heterocycles. The van der Waals surface area contributed by atoms with Crippen LogP contribution >= 0.6 is 12.2 Å². The average molecular weight is 486 g/mol. The first-order chi connectivity index (χ1) is 16.1. The fraction of sp³-hybridized carbons (Fsp3) is 0.423. The summed E-state index contributed by atoms with van der Waals surface area (Å²) in [4.78, 5) is 25.0. The van der Waals surface area contributed by atoms with Crippen LogP contribution in [0.2, 0.25) is 0 Å². The lowest BCUT2D eigenvalue weighted by Crippen LogP contribution is -2.42. The van der Waals surface area contributed by atoms with Gasteiger partial charge in [0.2, 0.25) is 5.91 Å². The highest BCUT2D eigenvalue weighted by atomic mass is 32.1. The molecule has 3 N–H and O–H groups in total. The van der Waals surface area contributed by atoms with E-state index in [-0.39, 0.29) is 16.9 Å². The Morgan fingerprint density at radius 3 is 2.56 bits per heavy atom. The van der Waals surface area contributed by atoms with Gasteiger partial charge in [0.15, 0.2) is 5.11 Å². The van der Waals surface area contributed by atoms with Gasteiger partial charge in [-0.25, -0.2) is 0 Å². The zero-order valence-electron chi connectivity index (χ0n) is 20.6. The predicted molar refractivity (Wildman–Crippen MR) is 139 cm³/mol. The molecule has 34 heavy (non-hydrogen) atoms. The van der Waals surface area contributed by atoms with E-state index in [1.54, 1.807) is 31.4 Å². The second kappa shape index (κ2) is 13.1. The summed E-state index contributed by atoms with van der Waals surface area (Å²) >= 11 is 5.32. The number of ether oxygens (including phenoxy) is 2. The first-order valence-electron chi connectivity index (χ1n) is 11.3. The molecule has 2 aromatic carbocycles. The summed E-state index contributed by atoms with van der Waals surface area (Å²) in [5, 5.41) is 8.69. The largest absolute Gasteiger partial charge is 0.493 e. The van der Waals surface area contributed by atoms with Gasteiger partial charge in [-0.05, 0) is 74.3 Å². The molecule has 0 aromatic heterocycles. The zero-order valence-corrected chi connectivity index (χ0v) is 21.4. The van der Waals surface area contributed by atoms with Gasteiger partial charge in [0.25, 0.3) is 5.91 Å². The van der Waals surface area contributed by atoms with E-state index < -0.39 is 5.41 Å². The van der Waals surface area contributed by atoms with Crippen molar-refractivity contribution < 1.29 is 19.1 Å². The molecule has 7 nitrogen and oxygen atoms in total. The van der Waals surface area contributed by atoms with E-state index in [0.29, 0.717) is 37.4 Å². The van der Waals surface area contributed by atoms with Gasteiger partial charge in [0.05, 0.1) is 13.2 Å². The standard InChI is InChI=1S/C26H35N3O4S/c1-18-10-11-19(2)22(16-18)33-14-7-12-26(3,4)24(31)29-25(34)28-21-9-6-8-20(17-21)23(30)27-13-15-32-5/h6,8-11,16-17H,7,12-15H2,1-5H3,(H,27,30)(H2,28,29,31,34). The Labute approximate surface area is 207 Å². The number of hydrogen-bond acceptors (Lipinski definition) is 5. The van der Waals surface area contributed by atoms with Crippen molar-refractivity contribution in [3.63, 3.8) is 0 Å². The number of thiocarbonyl (C=S) groups is 1. The molecule has 0 fully saturated rings. The number of methoxy groups -OCH3 is 1. The van der Waals surface area contributed by atoms with E-state index in [1.807, 2.05) is 39.8 Å². The normalized spacial score (nSPS) is 11.0. The van der Waals surface area contributed by atoms with E-state index in [9.17, 15) is 9.59 Å². The number of benzene rings is 2. The maximum Gasteiger partial charge on any atom is 0.251 e. The highest BCUT2D eigenvalue weighted by Gasteiger charge is 2.28. The van der Waals surface area contributed by atoms with Crippen LogP contribution in [0.1, 0.15) is 48.2 Å². The van der Waals surface area contributed by atoms with Crippen molar-refractivity contribution >= 4 is 34.8 Å². The molecule has 2 amide bonds. The third-order valence-corrected chi connectivity index (χ3v) is 5.57. The minimum Gasteiger partial charge on any atom is -0.493 e. The number of amides is 2. The van der Waals surface area contributed by atoms with Gasteiger partial charge >= 0.3 is 0 Å². The number of aryl methyl sites for hydroxylation is 2. The zero-order chi connectivity index (χ0) is 25.1. The van der Waals surface area contributed by atoms with Gasteiger partial charge in [-0.3, -0.25) is 9.59 Å². The summed E-state index contributed by atoms with van der Waals surface area (Å²) in [5.74, 6) is 0.493. The lowest BCUT2D eigenvalue weighted by atomic mass is 9.87. The fourth-order valence-corrected chi connectivity index (χ4v) is 3.42. The second-order valence-corrected chi connectivity index (χ2v) is 9.25. The Kier molecular flexibility index (Phi) is 10.5. The smallest absolute Gasteiger partial charge is 0.251 e. The van der Waals surface area contributed by atoms with Crippen LogP contribution in [0.4, 0.5) is 5.69 Å². The quantitative estimate of drug-likeness (QED) is 0.323. The molecule has 0 atom stereocenters.